The van der Waals surface area contributed by atoms with Gasteiger partial charge < -0.3 is 4.98 Å². The Kier molecular flexibility index (Phi) is 2.22. The number of nitrogens with zero attached hydrogens (tertiary/aromatic N) is 2. The Morgan fingerprint density at radius 1 is 1.50 bits per heavy atom. The molecule has 0 fully saturated rings. The first-order valence-corrected chi connectivity index (χ1v) is 5.95. The van der Waals surface area contributed by atoms with Crippen molar-refractivity contribution >= 4 is 26.5 Å². The van der Waals surface area contributed by atoms with Gasteiger partial charge in [-0.2, -0.15) is 8.42 Å². The molecular weight excluding hydrogens is 224 g/mol. The van der Waals surface area contributed by atoms with Crippen molar-refractivity contribution in [3.05, 3.63) is 24.1 Å². The molecule has 0 aliphatic rings. The summed E-state index contributed by atoms with van der Waals surface area (Å²) < 4.78 is 25.4. The molecule has 6 nitrogen and oxygen atoms in total. The first-order chi connectivity index (χ1) is 6.68. The van der Waals surface area contributed by atoms with Gasteiger partial charge in [-0.15, -0.1) is 11.3 Å². The summed E-state index contributed by atoms with van der Waals surface area (Å²) in [6.45, 7) is 0. The van der Waals surface area contributed by atoms with Crippen LogP contribution in [-0.4, -0.2) is 23.4 Å². The second kappa shape index (κ2) is 3.39. The molecule has 0 aromatic carbocycles. The van der Waals surface area contributed by atoms with Crippen LogP contribution in [0.15, 0.2) is 29.1 Å². The highest BCUT2D eigenvalue weighted by Crippen LogP contribution is 2.15. The Balaban J connectivity index is 2.27. The number of hydrogen-bond acceptors (Lipinski definition) is 5. The van der Waals surface area contributed by atoms with Gasteiger partial charge in [0.25, 0.3) is 10.0 Å². The molecule has 0 amide bonds. The Morgan fingerprint density at radius 2 is 2.36 bits per heavy atom. The van der Waals surface area contributed by atoms with Crippen molar-refractivity contribution in [2.45, 2.75) is 5.03 Å². The maximum Gasteiger partial charge on any atom is 0.280 e. The lowest BCUT2D eigenvalue weighted by atomic mass is 11.0. The van der Waals surface area contributed by atoms with Crippen LogP contribution in [0.4, 0.5) is 5.13 Å². The van der Waals surface area contributed by atoms with Crippen LogP contribution in [0.25, 0.3) is 0 Å². The zero-order valence-corrected chi connectivity index (χ0v) is 8.47. The highest BCUT2D eigenvalue weighted by atomic mass is 32.2. The number of nitrogens with one attached hydrogen (secondary N) is 2. The van der Waals surface area contributed by atoms with E-state index in [1.54, 1.807) is 5.38 Å². The second-order valence-corrected chi connectivity index (χ2v) is 4.90. The third-order valence-electron chi connectivity index (χ3n) is 1.42. The normalized spacial score (nSPS) is 11.4. The molecule has 0 aliphatic carbocycles. The van der Waals surface area contributed by atoms with Gasteiger partial charge >= 0.3 is 0 Å². The van der Waals surface area contributed by atoms with E-state index in [0.717, 1.165) is 0 Å². The van der Waals surface area contributed by atoms with Crippen LogP contribution in [0.3, 0.4) is 0 Å². The van der Waals surface area contributed by atoms with Gasteiger partial charge in [-0.05, 0) is 0 Å². The van der Waals surface area contributed by atoms with Gasteiger partial charge in [0.15, 0.2) is 10.2 Å². The molecule has 2 aromatic rings. The quantitative estimate of drug-likeness (QED) is 0.811. The summed E-state index contributed by atoms with van der Waals surface area (Å²) in [4.78, 5) is 9.94. The third-order valence-corrected chi connectivity index (χ3v) is 3.50. The van der Waals surface area contributed by atoms with Gasteiger partial charge in [0, 0.05) is 11.6 Å². The first-order valence-electron chi connectivity index (χ1n) is 3.59. The summed E-state index contributed by atoms with van der Waals surface area (Å²) in [6, 6.07) is 0. The summed E-state index contributed by atoms with van der Waals surface area (Å²) in [6.07, 6.45) is 4.06. The van der Waals surface area contributed by atoms with Gasteiger partial charge in [0.05, 0.1) is 12.5 Å². The van der Waals surface area contributed by atoms with E-state index in [0.29, 0.717) is 5.13 Å². The predicted octanol–water partition coefficient (Wildman–Crippen LogP) is 0.667. The number of H-pyrrole nitrogens is 1. The van der Waals surface area contributed by atoms with Crippen molar-refractivity contribution in [1.82, 2.24) is 15.0 Å². The number of aromatic amines is 1. The molecule has 0 spiro atoms. The van der Waals surface area contributed by atoms with Crippen molar-refractivity contribution in [2.75, 3.05) is 4.72 Å². The molecule has 2 heterocycles. The Bertz CT molecular complexity index is 488. The van der Waals surface area contributed by atoms with Crippen LogP contribution in [0.5, 0.6) is 0 Å². The molecule has 0 atom stereocenters. The zero-order valence-electron chi connectivity index (χ0n) is 6.84. The number of thiazole rings is 1. The number of aromatic nitrogens is 3. The predicted molar refractivity (Wildman–Crippen MR) is 51.5 cm³/mol. The summed E-state index contributed by atoms with van der Waals surface area (Å²) in [5.74, 6) is 0. The fourth-order valence-corrected chi connectivity index (χ4v) is 2.53. The third kappa shape index (κ3) is 1.75. The number of sulfonamides is 1. The van der Waals surface area contributed by atoms with E-state index < -0.39 is 10.0 Å². The van der Waals surface area contributed by atoms with E-state index in [4.69, 9.17) is 0 Å². The lowest BCUT2D eigenvalue weighted by Gasteiger charge is -2.00. The Hall–Kier alpha value is -1.41. The first kappa shape index (κ1) is 9.16. The largest absolute Gasteiger partial charge is 0.334 e. The molecule has 0 aliphatic heterocycles. The van der Waals surface area contributed by atoms with Gasteiger partial charge in [0.1, 0.15) is 0 Å². The zero-order chi connectivity index (χ0) is 10.0. The maximum absolute atomic E-state index is 11.5. The van der Waals surface area contributed by atoms with Crippen molar-refractivity contribution < 1.29 is 8.42 Å². The van der Waals surface area contributed by atoms with Gasteiger partial charge in [-0.25, -0.2) is 9.97 Å². The smallest absolute Gasteiger partial charge is 0.280 e. The van der Waals surface area contributed by atoms with Crippen molar-refractivity contribution in [2.24, 2.45) is 0 Å². The molecule has 2 N–H and O–H groups in total. The van der Waals surface area contributed by atoms with Crippen molar-refractivity contribution in [3.8, 4) is 0 Å². The molecule has 0 saturated carbocycles. The van der Waals surface area contributed by atoms with Crippen LogP contribution in [0.1, 0.15) is 0 Å². The molecule has 14 heavy (non-hydrogen) atoms. The lowest BCUT2D eigenvalue weighted by Crippen LogP contribution is -2.12. The van der Waals surface area contributed by atoms with E-state index in [-0.39, 0.29) is 5.03 Å². The topological polar surface area (TPSA) is 87.7 Å². The van der Waals surface area contributed by atoms with E-state index >= 15 is 0 Å². The Morgan fingerprint density at radius 3 is 2.93 bits per heavy atom. The summed E-state index contributed by atoms with van der Waals surface area (Å²) in [7, 11) is -3.56. The van der Waals surface area contributed by atoms with E-state index in [9.17, 15) is 8.42 Å². The molecular formula is C6H6N4O2S2. The van der Waals surface area contributed by atoms with Crippen LogP contribution in [-0.2, 0) is 10.0 Å². The minimum atomic E-state index is -3.56. The SMILES string of the molecule is O=S(=O)(Nc1nccs1)c1cnc[nH]1. The Labute approximate surface area is 84.1 Å². The summed E-state index contributed by atoms with van der Waals surface area (Å²) in [5.41, 5.74) is 0. The van der Waals surface area contributed by atoms with Crippen molar-refractivity contribution in [1.29, 1.82) is 0 Å². The summed E-state index contributed by atoms with van der Waals surface area (Å²) >= 11 is 1.21. The number of anilines is 1. The summed E-state index contributed by atoms with van der Waals surface area (Å²) in [5, 5.41) is 2.04. The molecule has 0 bridgehead atoms. The molecule has 8 heteroatoms. The van der Waals surface area contributed by atoms with Crippen LogP contribution >= 0.6 is 11.3 Å². The number of rotatable bonds is 3. The van der Waals surface area contributed by atoms with Crippen LogP contribution in [0, 0.1) is 0 Å². The van der Waals surface area contributed by atoms with Crippen LogP contribution < -0.4 is 4.72 Å². The highest BCUT2D eigenvalue weighted by molar-refractivity contribution is 7.92. The van der Waals surface area contributed by atoms with Gasteiger partial charge in [-0.3, -0.25) is 4.72 Å². The number of imidazole rings is 1. The molecule has 0 radical (unpaired) electrons. The lowest BCUT2D eigenvalue weighted by molar-refractivity contribution is 0.598. The van der Waals surface area contributed by atoms with Gasteiger partial charge in [-0.1, -0.05) is 0 Å². The average Bonchev–Trinajstić information content (AvgIpc) is 2.71. The highest BCUT2D eigenvalue weighted by Gasteiger charge is 2.16. The average molecular weight is 230 g/mol. The van der Waals surface area contributed by atoms with E-state index in [2.05, 4.69) is 19.7 Å². The minimum Gasteiger partial charge on any atom is -0.334 e. The molecule has 2 aromatic heterocycles. The van der Waals surface area contributed by atoms with Crippen molar-refractivity contribution in [3.63, 3.8) is 0 Å². The molecule has 0 saturated heterocycles. The maximum atomic E-state index is 11.5. The van der Waals surface area contributed by atoms with Gasteiger partial charge in [0.2, 0.25) is 0 Å². The number of hydrogen-bond donors (Lipinski definition) is 2. The molecule has 0 unspecified atom stereocenters. The van der Waals surface area contributed by atoms with E-state index in [1.165, 1.54) is 30.1 Å². The fourth-order valence-electron chi connectivity index (χ4n) is 0.834. The monoisotopic (exact) mass is 230 g/mol. The fraction of sp³-hybridized carbons (Fsp3) is 0. The molecule has 74 valence electrons. The standard InChI is InChI=1S/C6H6N4O2S2/c11-14(12,5-3-7-4-9-5)10-6-8-1-2-13-6/h1-4H,(H,7,9)(H,8,10). The van der Waals surface area contributed by atoms with E-state index in [1.807, 2.05) is 0 Å². The second-order valence-electron chi connectivity index (χ2n) is 2.36. The van der Waals surface area contributed by atoms with Crippen LogP contribution in [0.2, 0.25) is 0 Å². The molecule has 2 rings (SSSR count). The minimum absolute atomic E-state index is 0.0210.